The fraction of sp³-hybridized carbons (Fsp3) is 0.800. The molecule has 1 heterocycles. The Morgan fingerprint density at radius 2 is 2.44 bits per heavy atom. The van der Waals surface area contributed by atoms with Gasteiger partial charge in [-0.2, -0.15) is 5.10 Å². The van der Waals surface area contributed by atoms with E-state index in [0.717, 1.165) is 30.3 Å². The van der Waals surface area contributed by atoms with Gasteiger partial charge in [0.05, 0.1) is 6.61 Å². The summed E-state index contributed by atoms with van der Waals surface area (Å²) >= 11 is 1.66. The summed E-state index contributed by atoms with van der Waals surface area (Å²) in [4.78, 5) is 4.04. The van der Waals surface area contributed by atoms with Crippen LogP contribution in [0.15, 0.2) is 11.5 Å². The van der Waals surface area contributed by atoms with E-state index < -0.39 is 0 Å². The first-order valence-corrected chi connectivity index (χ1v) is 6.53. The zero-order chi connectivity index (χ0) is 11.9. The molecular weight excluding hydrogens is 224 g/mol. The molecule has 6 heteroatoms. The summed E-state index contributed by atoms with van der Waals surface area (Å²) in [6, 6.07) is 0. The minimum Gasteiger partial charge on any atom is -0.394 e. The predicted molar refractivity (Wildman–Crippen MR) is 65.5 cm³/mol. The lowest BCUT2D eigenvalue weighted by Gasteiger charge is -2.28. The molecule has 0 bridgehead atoms. The van der Waals surface area contributed by atoms with Crippen molar-refractivity contribution in [1.29, 1.82) is 0 Å². The molecule has 1 aromatic heterocycles. The second-order valence-corrected chi connectivity index (χ2v) is 5.08. The number of hydrogen-bond acceptors (Lipinski definition) is 5. The number of aromatic nitrogens is 3. The molecule has 16 heavy (non-hydrogen) atoms. The summed E-state index contributed by atoms with van der Waals surface area (Å²) in [5.74, 6) is 0.982. The van der Waals surface area contributed by atoms with Gasteiger partial charge in [-0.25, -0.2) is 4.98 Å². The molecule has 0 radical (unpaired) electrons. The minimum absolute atomic E-state index is 0.156. The van der Waals surface area contributed by atoms with Crippen molar-refractivity contribution in [1.82, 2.24) is 20.5 Å². The number of H-pyrrole nitrogens is 1. The monoisotopic (exact) mass is 244 g/mol. The number of thioether (sulfide) groups is 1. The topological polar surface area (TPSA) is 73.8 Å². The van der Waals surface area contributed by atoms with E-state index in [-0.39, 0.29) is 12.1 Å². The molecule has 1 rings (SSSR count). The van der Waals surface area contributed by atoms with Crippen LogP contribution in [0.1, 0.15) is 26.7 Å². The van der Waals surface area contributed by atoms with Crippen LogP contribution in [-0.2, 0) is 0 Å². The lowest BCUT2D eigenvalue weighted by atomic mass is 9.97. The second-order valence-electron chi connectivity index (χ2n) is 3.99. The number of hydrogen-bond donors (Lipinski definition) is 3. The molecule has 1 aromatic rings. The molecule has 1 atom stereocenters. The number of nitrogens with zero attached hydrogens (tertiary/aromatic N) is 2. The first-order chi connectivity index (χ1) is 7.70. The minimum atomic E-state index is -0.156. The van der Waals surface area contributed by atoms with Crippen LogP contribution in [0, 0.1) is 0 Å². The highest BCUT2D eigenvalue weighted by Crippen LogP contribution is 2.17. The SMILES string of the molecule is CCNC(C)(CO)CCCSc1ncn[nH]1. The Bertz CT molecular complexity index is 280. The summed E-state index contributed by atoms with van der Waals surface area (Å²) in [6.07, 6.45) is 3.51. The van der Waals surface area contributed by atoms with Crippen molar-refractivity contribution in [2.45, 2.75) is 37.4 Å². The van der Waals surface area contributed by atoms with Gasteiger partial charge in [-0.05, 0) is 26.3 Å². The maximum atomic E-state index is 9.30. The van der Waals surface area contributed by atoms with Gasteiger partial charge < -0.3 is 10.4 Å². The number of likely N-dealkylation sites (N-methyl/N-ethyl adjacent to an activating group) is 1. The Hall–Kier alpha value is -0.590. The molecule has 0 saturated heterocycles. The highest BCUT2D eigenvalue weighted by atomic mass is 32.2. The van der Waals surface area contributed by atoms with Crippen LogP contribution in [0.2, 0.25) is 0 Å². The fourth-order valence-corrected chi connectivity index (χ4v) is 2.27. The Kier molecular flexibility index (Phi) is 5.79. The quantitative estimate of drug-likeness (QED) is 0.470. The van der Waals surface area contributed by atoms with Gasteiger partial charge in [0.25, 0.3) is 0 Å². The lowest BCUT2D eigenvalue weighted by molar-refractivity contribution is 0.167. The van der Waals surface area contributed by atoms with Crippen LogP contribution in [0.25, 0.3) is 0 Å². The van der Waals surface area contributed by atoms with Crippen LogP contribution >= 0.6 is 11.8 Å². The summed E-state index contributed by atoms with van der Waals surface area (Å²) in [6.45, 7) is 5.16. The third kappa shape index (κ3) is 4.51. The van der Waals surface area contributed by atoms with E-state index in [2.05, 4.69) is 34.3 Å². The summed E-state index contributed by atoms with van der Waals surface area (Å²) in [7, 11) is 0. The Labute approximate surface area is 100 Å². The van der Waals surface area contributed by atoms with Crippen molar-refractivity contribution in [3.05, 3.63) is 6.33 Å². The maximum Gasteiger partial charge on any atom is 0.183 e. The molecule has 0 saturated carbocycles. The largest absolute Gasteiger partial charge is 0.394 e. The van der Waals surface area contributed by atoms with E-state index in [9.17, 15) is 5.11 Å². The van der Waals surface area contributed by atoms with Crippen molar-refractivity contribution in [2.24, 2.45) is 0 Å². The van der Waals surface area contributed by atoms with E-state index >= 15 is 0 Å². The first-order valence-electron chi connectivity index (χ1n) is 5.54. The molecule has 1 unspecified atom stereocenters. The zero-order valence-electron chi connectivity index (χ0n) is 9.86. The van der Waals surface area contributed by atoms with Crippen molar-refractivity contribution in [2.75, 3.05) is 18.9 Å². The molecule has 0 amide bonds. The Balaban J connectivity index is 2.18. The van der Waals surface area contributed by atoms with Gasteiger partial charge in [-0.1, -0.05) is 18.7 Å². The van der Waals surface area contributed by atoms with E-state index in [1.165, 1.54) is 6.33 Å². The summed E-state index contributed by atoms with van der Waals surface area (Å²) in [5.41, 5.74) is -0.156. The molecule has 0 aliphatic rings. The Morgan fingerprint density at radius 1 is 1.62 bits per heavy atom. The second kappa shape index (κ2) is 6.88. The van der Waals surface area contributed by atoms with E-state index in [0.29, 0.717) is 0 Å². The van der Waals surface area contributed by atoms with Gasteiger partial charge in [0.15, 0.2) is 5.16 Å². The molecule has 3 N–H and O–H groups in total. The van der Waals surface area contributed by atoms with Crippen LogP contribution in [-0.4, -0.2) is 44.7 Å². The lowest BCUT2D eigenvalue weighted by Crippen LogP contribution is -2.45. The average Bonchev–Trinajstić information content (AvgIpc) is 2.78. The van der Waals surface area contributed by atoms with Crippen LogP contribution in [0.4, 0.5) is 0 Å². The van der Waals surface area contributed by atoms with Gasteiger partial charge in [-0.15, -0.1) is 0 Å². The van der Waals surface area contributed by atoms with Crippen molar-refractivity contribution in [3.63, 3.8) is 0 Å². The van der Waals surface area contributed by atoms with Gasteiger partial charge in [0.1, 0.15) is 6.33 Å². The molecule has 5 nitrogen and oxygen atoms in total. The van der Waals surface area contributed by atoms with Crippen molar-refractivity contribution >= 4 is 11.8 Å². The molecule has 0 aliphatic heterocycles. The van der Waals surface area contributed by atoms with Crippen LogP contribution in [0.5, 0.6) is 0 Å². The molecular formula is C10H20N4OS. The van der Waals surface area contributed by atoms with Gasteiger partial charge in [0, 0.05) is 11.3 Å². The fourth-order valence-electron chi connectivity index (χ4n) is 1.55. The van der Waals surface area contributed by atoms with E-state index in [1.54, 1.807) is 11.8 Å². The number of aliphatic hydroxyl groups is 1. The highest BCUT2D eigenvalue weighted by Gasteiger charge is 2.20. The number of nitrogens with one attached hydrogen (secondary N) is 2. The van der Waals surface area contributed by atoms with Gasteiger partial charge >= 0.3 is 0 Å². The number of aromatic amines is 1. The average molecular weight is 244 g/mol. The standard InChI is InChI=1S/C10H20N4OS/c1-3-12-10(2,7-15)5-4-6-16-9-11-8-13-14-9/h8,12,15H,3-7H2,1-2H3,(H,11,13,14). The van der Waals surface area contributed by atoms with E-state index in [4.69, 9.17) is 0 Å². The molecule has 0 spiro atoms. The molecule has 0 aromatic carbocycles. The van der Waals surface area contributed by atoms with Crippen LogP contribution < -0.4 is 5.32 Å². The molecule has 0 fully saturated rings. The van der Waals surface area contributed by atoms with Gasteiger partial charge in [0.2, 0.25) is 0 Å². The van der Waals surface area contributed by atoms with Crippen LogP contribution in [0.3, 0.4) is 0 Å². The first kappa shape index (κ1) is 13.5. The summed E-state index contributed by atoms with van der Waals surface area (Å²) in [5, 5.41) is 20.1. The molecule has 0 aliphatic carbocycles. The normalized spacial score (nSPS) is 14.9. The van der Waals surface area contributed by atoms with E-state index in [1.807, 2.05) is 0 Å². The van der Waals surface area contributed by atoms with Gasteiger partial charge in [-0.3, -0.25) is 5.10 Å². The third-order valence-corrected chi connectivity index (χ3v) is 3.42. The van der Waals surface area contributed by atoms with Crippen molar-refractivity contribution < 1.29 is 5.11 Å². The third-order valence-electron chi connectivity index (χ3n) is 2.46. The zero-order valence-corrected chi connectivity index (χ0v) is 10.7. The number of rotatable bonds is 8. The Morgan fingerprint density at radius 3 is 3.00 bits per heavy atom. The molecule has 92 valence electrons. The number of aliphatic hydroxyl groups excluding tert-OH is 1. The smallest absolute Gasteiger partial charge is 0.183 e. The maximum absolute atomic E-state index is 9.30. The predicted octanol–water partition coefficient (Wildman–Crippen LogP) is 1.04. The van der Waals surface area contributed by atoms with Crippen molar-refractivity contribution in [3.8, 4) is 0 Å². The summed E-state index contributed by atoms with van der Waals surface area (Å²) < 4.78 is 0. The highest BCUT2D eigenvalue weighted by molar-refractivity contribution is 7.99.